The third-order valence-electron chi connectivity index (χ3n) is 5.57. The van der Waals surface area contributed by atoms with E-state index >= 15 is 0 Å². The molecule has 1 aliphatic rings. The van der Waals surface area contributed by atoms with Gasteiger partial charge in [-0.25, -0.2) is 0 Å². The van der Waals surface area contributed by atoms with Crippen molar-refractivity contribution in [2.75, 3.05) is 4.90 Å². The second kappa shape index (κ2) is 9.47. The number of hydrogen-bond acceptors (Lipinski definition) is 5. The number of benzene rings is 3. The molecule has 0 bridgehead atoms. The molecule has 1 saturated heterocycles. The van der Waals surface area contributed by atoms with E-state index in [9.17, 15) is 14.9 Å². The molecule has 0 unspecified atom stereocenters. The van der Waals surface area contributed by atoms with Gasteiger partial charge in [0.25, 0.3) is 11.6 Å². The van der Waals surface area contributed by atoms with Gasteiger partial charge in [-0.05, 0) is 42.0 Å². The highest BCUT2D eigenvalue weighted by atomic mass is 35.5. The fourth-order valence-electron chi connectivity index (χ4n) is 3.91. The highest BCUT2D eigenvalue weighted by molar-refractivity contribution is 8.27. The molecule has 4 aromatic rings. The molecule has 0 atom stereocenters. The number of rotatable bonds is 5. The molecule has 174 valence electrons. The summed E-state index contributed by atoms with van der Waals surface area (Å²) in [7, 11) is 0. The van der Waals surface area contributed by atoms with Crippen molar-refractivity contribution in [3.63, 3.8) is 0 Å². The number of non-ortho nitro benzene ring substituents is 1. The Morgan fingerprint density at radius 3 is 2.51 bits per heavy atom. The Morgan fingerprint density at radius 2 is 1.80 bits per heavy atom. The van der Waals surface area contributed by atoms with Crippen LogP contribution in [-0.2, 0) is 11.3 Å². The van der Waals surface area contributed by atoms with Crippen molar-refractivity contribution < 1.29 is 9.72 Å². The number of aromatic nitrogens is 1. The zero-order chi connectivity index (χ0) is 24.7. The predicted octanol–water partition coefficient (Wildman–Crippen LogP) is 7.31. The molecule has 0 saturated carbocycles. The molecule has 35 heavy (non-hydrogen) atoms. The highest BCUT2D eigenvalue weighted by Gasteiger charge is 2.33. The fourth-order valence-corrected chi connectivity index (χ4v) is 5.67. The average molecular weight is 540 g/mol. The summed E-state index contributed by atoms with van der Waals surface area (Å²) in [6.45, 7) is 0.536. The van der Waals surface area contributed by atoms with Crippen LogP contribution >= 0.6 is 47.2 Å². The summed E-state index contributed by atoms with van der Waals surface area (Å²) in [6, 6.07) is 19.1. The minimum absolute atomic E-state index is 0.0525. The number of nitro benzene ring substituents is 1. The standard InChI is InChI=1S/C25H15Cl2N3O3S2/c26-17-6-5-15(21(27)12-17)13-28-14-16(20-3-1-2-4-22(20)28)11-23-24(31)29(25(34)35-23)18-7-9-19(10-8-18)30(32)33/h1-12,14H,13H2/b23-11+. The predicted molar refractivity (Wildman–Crippen MR) is 146 cm³/mol. The molecule has 2 heterocycles. The van der Waals surface area contributed by atoms with Crippen molar-refractivity contribution in [1.82, 2.24) is 4.57 Å². The molecule has 3 aromatic carbocycles. The molecular formula is C25H15Cl2N3O3S2. The number of halogens is 2. The first-order valence-corrected chi connectivity index (χ1v) is 12.3. The van der Waals surface area contributed by atoms with E-state index in [4.69, 9.17) is 35.4 Å². The van der Waals surface area contributed by atoms with Crippen molar-refractivity contribution in [3.05, 3.63) is 109 Å². The first-order chi connectivity index (χ1) is 16.8. The lowest BCUT2D eigenvalue weighted by atomic mass is 10.1. The van der Waals surface area contributed by atoms with E-state index in [1.807, 2.05) is 42.6 Å². The van der Waals surface area contributed by atoms with Crippen molar-refractivity contribution >= 4 is 85.8 Å². The number of para-hydroxylation sites is 1. The number of nitro groups is 1. The number of hydrogen-bond donors (Lipinski definition) is 0. The topological polar surface area (TPSA) is 68.4 Å². The van der Waals surface area contributed by atoms with Crippen molar-refractivity contribution in [2.24, 2.45) is 0 Å². The molecule has 0 N–H and O–H groups in total. The molecule has 6 nitrogen and oxygen atoms in total. The van der Waals surface area contributed by atoms with Crippen molar-refractivity contribution in [3.8, 4) is 0 Å². The Hall–Kier alpha value is -3.17. The van der Waals surface area contributed by atoms with Gasteiger partial charge in [-0.15, -0.1) is 0 Å². The SMILES string of the molecule is O=C1/C(=C\c2cn(Cc3ccc(Cl)cc3Cl)c3ccccc23)SC(=S)N1c1ccc([N+](=O)[O-])cc1. The lowest BCUT2D eigenvalue weighted by Crippen LogP contribution is -2.27. The zero-order valence-electron chi connectivity index (χ0n) is 17.9. The molecule has 1 amide bonds. The number of thioether (sulfide) groups is 1. The van der Waals surface area contributed by atoms with Crippen LogP contribution in [-0.4, -0.2) is 19.7 Å². The largest absolute Gasteiger partial charge is 0.342 e. The summed E-state index contributed by atoms with van der Waals surface area (Å²) in [5, 5.41) is 13.1. The van der Waals surface area contributed by atoms with E-state index in [0.717, 1.165) is 22.0 Å². The van der Waals surface area contributed by atoms with Gasteiger partial charge in [-0.1, -0.05) is 71.4 Å². The van der Waals surface area contributed by atoms with E-state index in [1.54, 1.807) is 12.1 Å². The summed E-state index contributed by atoms with van der Waals surface area (Å²) in [5.74, 6) is -0.272. The molecular weight excluding hydrogens is 525 g/mol. The van der Waals surface area contributed by atoms with Crippen LogP contribution < -0.4 is 4.90 Å². The maximum absolute atomic E-state index is 13.2. The summed E-state index contributed by atoms with van der Waals surface area (Å²) < 4.78 is 2.44. The Labute approximate surface area is 219 Å². The van der Waals surface area contributed by atoms with Crippen molar-refractivity contribution in [1.29, 1.82) is 0 Å². The Morgan fingerprint density at radius 1 is 1.06 bits per heavy atom. The normalized spacial score (nSPS) is 14.9. The smallest absolute Gasteiger partial charge is 0.270 e. The van der Waals surface area contributed by atoms with Crippen LogP contribution in [0.3, 0.4) is 0 Å². The first-order valence-electron chi connectivity index (χ1n) is 10.4. The molecule has 1 aliphatic heterocycles. The number of thiocarbonyl (C=S) groups is 1. The number of nitrogens with zero attached hydrogens (tertiary/aromatic N) is 3. The van der Waals surface area contributed by atoms with E-state index in [0.29, 0.717) is 31.5 Å². The van der Waals surface area contributed by atoms with Gasteiger partial charge in [0, 0.05) is 51.4 Å². The number of anilines is 1. The summed E-state index contributed by atoms with van der Waals surface area (Å²) in [6.07, 6.45) is 3.81. The average Bonchev–Trinajstić information content (AvgIpc) is 3.32. The van der Waals surface area contributed by atoms with Crippen LogP contribution in [0.25, 0.3) is 17.0 Å². The van der Waals surface area contributed by atoms with E-state index < -0.39 is 4.92 Å². The van der Waals surface area contributed by atoms with E-state index in [2.05, 4.69) is 4.57 Å². The number of amides is 1. The van der Waals surface area contributed by atoms with Crippen LogP contribution in [0.4, 0.5) is 11.4 Å². The van der Waals surface area contributed by atoms with Crippen LogP contribution in [0.1, 0.15) is 11.1 Å². The second-order valence-electron chi connectivity index (χ2n) is 7.76. The Bertz CT molecular complexity index is 1550. The highest BCUT2D eigenvalue weighted by Crippen LogP contribution is 2.38. The number of carbonyl (C=O) groups excluding carboxylic acids is 1. The van der Waals surface area contributed by atoms with Crippen LogP contribution in [0.2, 0.25) is 10.0 Å². The lowest BCUT2D eigenvalue weighted by Gasteiger charge is -2.13. The lowest BCUT2D eigenvalue weighted by molar-refractivity contribution is -0.384. The maximum Gasteiger partial charge on any atom is 0.270 e. The first kappa shape index (κ1) is 23.6. The quantitative estimate of drug-likeness (QED) is 0.115. The van der Waals surface area contributed by atoms with Gasteiger partial charge in [0.05, 0.1) is 15.5 Å². The van der Waals surface area contributed by atoms with Gasteiger partial charge in [0.2, 0.25) is 0 Å². The van der Waals surface area contributed by atoms with E-state index in [1.165, 1.54) is 40.9 Å². The molecule has 1 aromatic heterocycles. The fraction of sp³-hybridized carbons (Fsp3) is 0.0400. The van der Waals surface area contributed by atoms with Gasteiger partial charge in [0.15, 0.2) is 4.32 Å². The molecule has 0 radical (unpaired) electrons. The van der Waals surface area contributed by atoms with Gasteiger partial charge < -0.3 is 4.57 Å². The third kappa shape index (κ3) is 4.58. The summed E-state index contributed by atoms with van der Waals surface area (Å²) >= 11 is 19.1. The van der Waals surface area contributed by atoms with Crippen molar-refractivity contribution in [2.45, 2.75) is 6.54 Å². The van der Waals surface area contributed by atoms with Gasteiger partial charge in [-0.3, -0.25) is 19.8 Å². The maximum atomic E-state index is 13.2. The molecule has 1 fully saturated rings. The Kier molecular flexibility index (Phi) is 6.37. The van der Waals surface area contributed by atoms with Gasteiger partial charge in [0.1, 0.15) is 0 Å². The number of fused-ring (bicyclic) bond motifs is 1. The summed E-state index contributed by atoms with van der Waals surface area (Å²) in [5.41, 5.74) is 3.23. The minimum atomic E-state index is -0.485. The second-order valence-corrected chi connectivity index (χ2v) is 10.3. The minimum Gasteiger partial charge on any atom is -0.342 e. The molecule has 5 rings (SSSR count). The Balaban J connectivity index is 1.49. The number of carbonyl (C=O) groups is 1. The monoisotopic (exact) mass is 539 g/mol. The van der Waals surface area contributed by atoms with Crippen LogP contribution in [0, 0.1) is 10.1 Å². The molecule has 0 spiro atoms. The molecule has 10 heteroatoms. The third-order valence-corrected chi connectivity index (χ3v) is 7.46. The zero-order valence-corrected chi connectivity index (χ0v) is 21.0. The molecule has 0 aliphatic carbocycles. The van der Waals surface area contributed by atoms with Gasteiger partial charge in [-0.2, -0.15) is 0 Å². The van der Waals surface area contributed by atoms with E-state index in [-0.39, 0.29) is 11.6 Å². The van der Waals surface area contributed by atoms with Crippen LogP contribution in [0.15, 0.2) is 77.8 Å². The van der Waals surface area contributed by atoms with Gasteiger partial charge >= 0.3 is 0 Å². The van der Waals surface area contributed by atoms with Crippen LogP contribution in [0.5, 0.6) is 0 Å². The summed E-state index contributed by atoms with van der Waals surface area (Å²) in [4.78, 5) is 25.6.